The monoisotopic (exact) mass is 530 g/mol. The number of nitrogens with one attached hydrogen (secondary N) is 1. The molecular weight excluding hydrogens is 511 g/mol. The van der Waals surface area contributed by atoms with Crippen LogP contribution < -0.4 is 19.7 Å². The molecule has 1 unspecified atom stereocenters. The van der Waals surface area contributed by atoms with Crippen LogP contribution in [0.3, 0.4) is 0 Å². The van der Waals surface area contributed by atoms with Gasteiger partial charge < -0.3 is 24.3 Å². The van der Waals surface area contributed by atoms with E-state index >= 15 is 0 Å². The Morgan fingerprint density at radius 3 is 2.31 bits per heavy atom. The molecule has 36 heavy (non-hydrogen) atoms. The summed E-state index contributed by atoms with van der Waals surface area (Å²) in [6.45, 7) is 1.37. The van der Waals surface area contributed by atoms with Crippen molar-refractivity contribution in [3.05, 3.63) is 75.7 Å². The number of benzene rings is 2. The molecule has 0 spiro atoms. The van der Waals surface area contributed by atoms with E-state index in [0.717, 1.165) is 0 Å². The van der Waals surface area contributed by atoms with E-state index in [9.17, 15) is 19.5 Å². The van der Waals surface area contributed by atoms with Crippen molar-refractivity contribution in [1.29, 1.82) is 0 Å². The van der Waals surface area contributed by atoms with E-state index in [1.165, 1.54) is 38.4 Å². The molecule has 1 saturated heterocycles. The number of hydrogen-bond acceptors (Lipinski definition) is 7. The molecule has 186 valence electrons. The largest absolute Gasteiger partial charge is 0.507 e. The fourth-order valence-electron chi connectivity index (χ4n) is 4.02. The number of ether oxygens (including phenoxy) is 2. The third kappa shape index (κ3) is 4.27. The maximum Gasteiger partial charge on any atom is 0.300 e. The Morgan fingerprint density at radius 1 is 1.08 bits per heavy atom. The molecule has 0 aliphatic carbocycles. The number of methoxy groups -OCH3 is 2. The number of aliphatic hydroxyl groups is 1. The van der Waals surface area contributed by atoms with Gasteiger partial charge in [-0.3, -0.25) is 19.3 Å². The third-order valence-corrected chi connectivity index (χ3v) is 6.14. The van der Waals surface area contributed by atoms with Gasteiger partial charge in [-0.05, 0) is 42.5 Å². The summed E-state index contributed by atoms with van der Waals surface area (Å²) in [6, 6.07) is 9.68. The molecule has 9 nitrogen and oxygen atoms in total. The van der Waals surface area contributed by atoms with Crippen LogP contribution in [0, 0.1) is 0 Å². The number of furan rings is 1. The van der Waals surface area contributed by atoms with Gasteiger partial charge in [0.25, 0.3) is 11.7 Å². The van der Waals surface area contributed by atoms with Crippen molar-refractivity contribution >= 4 is 57.9 Å². The van der Waals surface area contributed by atoms with Gasteiger partial charge in [-0.25, -0.2) is 0 Å². The summed E-state index contributed by atoms with van der Waals surface area (Å²) in [6.07, 6.45) is 1.39. The molecular formula is C25H20Cl2N2O7. The molecule has 2 heterocycles. The van der Waals surface area contributed by atoms with Gasteiger partial charge in [0.05, 0.1) is 36.6 Å². The van der Waals surface area contributed by atoms with Crippen molar-refractivity contribution in [2.75, 3.05) is 24.4 Å². The summed E-state index contributed by atoms with van der Waals surface area (Å²) >= 11 is 12.6. The van der Waals surface area contributed by atoms with Crippen LogP contribution in [0.25, 0.3) is 5.76 Å². The number of aliphatic hydroxyl groups excluding tert-OH is 1. The van der Waals surface area contributed by atoms with Crippen LogP contribution in [0.1, 0.15) is 24.3 Å². The Balaban J connectivity index is 1.92. The summed E-state index contributed by atoms with van der Waals surface area (Å²) in [5, 5.41) is 14.0. The summed E-state index contributed by atoms with van der Waals surface area (Å²) < 4.78 is 16.1. The lowest BCUT2D eigenvalue weighted by molar-refractivity contribution is -0.132. The lowest BCUT2D eigenvalue weighted by atomic mass is 9.98. The van der Waals surface area contributed by atoms with Gasteiger partial charge in [0.15, 0.2) is 11.5 Å². The lowest BCUT2D eigenvalue weighted by Crippen LogP contribution is -2.29. The second kappa shape index (κ2) is 9.96. The summed E-state index contributed by atoms with van der Waals surface area (Å²) in [7, 11) is 2.69. The number of Topliss-reactive ketones (excluding diaryl/α,β-unsaturated/α-hetero) is 1. The van der Waals surface area contributed by atoms with Crippen molar-refractivity contribution in [1.82, 2.24) is 0 Å². The number of rotatable bonds is 6. The van der Waals surface area contributed by atoms with Crippen LogP contribution in [0.5, 0.6) is 11.5 Å². The molecule has 4 rings (SSSR count). The molecule has 1 aromatic heterocycles. The molecule has 2 amide bonds. The Morgan fingerprint density at radius 2 is 1.75 bits per heavy atom. The molecule has 1 atom stereocenters. The molecule has 2 aromatic carbocycles. The minimum atomic E-state index is -1.11. The zero-order valence-electron chi connectivity index (χ0n) is 19.3. The summed E-state index contributed by atoms with van der Waals surface area (Å²) in [5.74, 6) is -2.32. The van der Waals surface area contributed by atoms with Gasteiger partial charge in [-0.1, -0.05) is 23.2 Å². The average molecular weight is 531 g/mol. The van der Waals surface area contributed by atoms with E-state index in [0.29, 0.717) is 11.4 Å². The van der Waals surface area contributed by atoms with E-state index in [2.05, 4.69) is 5.32 Å². The van der Waals surface area contributed by atoms with Crippen molar-refractivity contribution in [2.24, 2.45) is 0 Å². The number of anilines is 2. The van der Waals surface area contributed by atoms with Gasteiger partial charge in [0.2, 0.25) is 5.91 Å². The molecule has 1 aliphatic rings. The second-order valence-electron chi connectivity index (χ2n) is 7.70. The van der Waals surface area contributed by atoms with Gasteiger partial charge in [0.1, 0.15) is 22.6 Å². The number of amides is 2. The molecule has 0 saturated carbocycles. The van der Waals surface area contributed by atoms with Crippen LogP contribution in [0.2, 0.25) is 10.0 Å². The zero-order valence-corrected chi connectivity index (χ0v) is 20.8. The topological polar surface area (TPSA) is 118 Å². The smallest absolute Gasteiger partial charge is 0.300 e. The number of nitrogens with zero attached hydrogens (tertiary/aromatic N) is 1. The van der Waals surface area contributed by atoms with Crippen LogP contribution in [0.15, 0.2) is 58.7 Å². The first-order valence-corrected chi connectivity index (χ1v) is 11.3. The fraction of sp³-hybridized carbons (Fsp3) is 0.160. The van der Waals surface area contributed by atoms with E-state index < -0.39 is 23.5 Å². The molecule has 1 fully saturated rings. The second-order valence-corrected chi connectivity index (χ2v) is 8.48. The standard InChI is InChI=1S/C25H20Cl2N2O7/c1-12(30)28-13-6-8-14(9-7-13)29-20(17-5-4-10-36-17)18(22(32)25(29)33)21(31)15-11-16(26)24(35-3)19(27)23(15)34-2/h4-11,20,31H,1-3H3,(H,28,30)/b21-18-. The van der Waals surface area contributed by atoms with Gasteiger partial charge >= 0.3 is 0 Å². The minimum Gasteiger partial charge on any atom is -0.507 e. The van der Waals surface area contributed by atoms with E-state index in [4.69, 9.17) is 37.1 Å². The number of halogens is 2. The van der Waals surface area contributed by atoms with Crippen molar-refractivity contribution in [3.63, 3.8) is 0 Å². The zero-order chi connectivity index (χ0) is 26.1. The number of carbonyl (C=O) groups is 3. The van der Waals surface area contributed by atoms with E-state index in [1.54, 1.807) is 36.4 Å². The third-order valence-electron chi connectivity index (χ3n) is 5.52. The number of ketones is 1. The normalized spacial score (nSPS) is 16.8. The highest BCUT2D eigenvalue weighted by Crippen LogP contribution is 2.48. The maximum absolute atomic E-state index is 13.3. The average Bonchev–Trinajstić information content (AvgIpc) is 3.46. The minimum absolute atomic E-state index is 0.000490. The van der Waals surface area contributed by atoms with Gasteiger partial charge in [0, 0.05) is 18.3 Å². The van der Waals surface area contributed by atoms with E-state index in [-0.39, 0.29) is 44.3 Å². The first kappa shape index (κ1) is 25.2. The highest BCUT2D eigenvalue weighted by atomic mass is 35.5. The van der Waals surface area contributed by atoms with Crippen molar-refractivity contribution in [2.45, 2.75) is 13.0 Å². The first-order chi connectivity index (χ1) is 17.2. The molecule has 1 aliphatic heterocycles. The highest BCUT2D eigenvalue weighted by Gasteiger charge is 2.48. The van der Waals surface area contributed by atoms with Crippen molar-refractivity contribution in [3.8, 4) is 11.5 Å². The Kier molecular flexibility index (Phi) is 6.96. The van der Waals surface area contributed by atoms with Gasteiger partial charge in [-0.2, -0.15) is 0 Å². The number of carbonyl (C=O) groups excluding carboxylic acids is 3. The predicted molar refractivity (Wildman–Crippen MR) is 134 cm³/mol. The van der Waals surface area contributed by atoms with E-state index in [1.807, 2.05) is 0 Å². The summed E-state index contributed by atoms with van der Waals surface area (Å²) in [5.41, 5.74) is 0.578. The molecule has 3 aromatic rings. The predicted octanol–water partition coefficient (Wildman–Crippen LogP) is 5.19. The molecule has 0 radical (unpaired) electrons. The van der Waals surface area contributed by atoms with Crippen LogP contribution >= 0.6 is 23.2 Å². The van der Waals surface area contributed by atoms with Crippen LogP contribution in [0.4, 0.5) is 11.4 Å². The highest BCUT2D eigenvalue weighted by molar-refractivity contribution is 6.52. The molecule has 0 bridgehead atoms. The molecule has 11 heteroatoms. The quantitative estimate of drug-likeness (QED) is 0.255. The lowest BCUT2D eigenvalue weighted by Gasteiger charge is -2.24. The Bertz CT molecular complexity index is 1380. The number of hydrogen-bond donors (Lipinski definition) is 2. The van der Waals surface area contributed by atoms with Crippen LogP contribution in [-0.4, -0.2) is 36.9 Å². The molecule has 2 N–H and O–H groups in total. The SMILES string of the molecule is COc1c(Cl)cc(/C(O)=C2/C(=O)C(=O)N(c3ccc(NC(C)=O)cc3)C2c2ccco2)c(OC)c1Cl. The Labute approximate surface area is 215 Å². The Hall–Kier alpha value is -3.95. The fourth-order valence-corrected chi connectivity index (χ4v) is 4.70. The van der Waals surface area contributed by atoms with Gasteiger partial charge in [-0.15, -0.1) is 0 Å². The maximum atomic E-state index is 13.3. The van der Waals surface area contributed by atoms with Crippen molar-refractivity contribution < 1.29 is 33.4 Å². The summed E-state index contributed by atoms with van der Waals surface area (Å²) in [4.78, 5) is 39.0. The first-order valence-electron chi connectivity index (χ1n) is 10.5. The van der Waals surface area contributed by atoms with Crippen LogP contribution in [-0.2, 0) is 14.4 Å².